The van der Waals surface area contributed by atoms with Gasteiger partial charge in [0.15, 0.2) is 0 Å². The molecule has 92 valence electrons. The van der Waals surface area contributed by atoms with Crippen LogP contribution in [0.4, 0.5) is 0 Å². The van der Waals surface area contributed by atoms with E-state index in [1.165, 1.54) is 9.88 Å². The van der Waals surface area contributed by atoms with E-state index < -0.39 is 0 Å². The molecule has 16 heavy (non-hydrogen) atoms. The normalized spacial score (nSPS) is 11.3. The van der Waals surface area contributed by atoms with Crippen LogP contribution in [0, 0.1) is 5.92 Å². The zero-order valence-electron chi connectivity index (χ0n) is 10.7. The molecule has 3 nitrogen and oxygen atoms in total. The molecule has 0 fully saturated rings. The third-order valence-corrected chi connectivity index (χ3v) is 3.34. The molecule has 0 aliphatic carbocycles. The summed E-state index contributed by atoms with van der Waals surface area (Å²) in [5.74, 6) is 0.661. The molecule has 0 amide bonds. The van der Waals surface area contributed by atoms with Crippen LogP contribution >= 0.6 is 11.3 Å². The molecule has 0 aromatic carbocycles. The lowest BCUT2D eigenvalue weighted by Crippen LogP contribution is -2.12. The van der Waals surface area contributed by atoms with Crippen molar-refractivity contribution in [3.63, 3.8) is 0 Å². The molecule has 0 aliphatic rings. The van der Waals surface area contributed by atoms with E-state index in [4.69, 9.17) is 4.74 Å². The number of rotatable bonds is 7. The Morgan fingerprint density at radius 2 is 2.19 bits per heavy atom. The van der Waals surface area contributed by atoms with Gasteiger partial charge in [-0.3, -0.25) is 0 Å². The van der Waals surface area contributed by atoms with Crippen molar-refractivity contribution < 1.29 is 4.74 Å². The quantitative estimate of drug-likeness (QED) is 0.798. The van der Waals surface area contributed by atoms with Gasteiger partial charge in [0.2, 0.25) is 0 Å². The van der Waals surface area contributed by atoms with Gasteiger partial charge in [0.25, 0.3) is 0 Å². The van der Waals surface area contributed by atoms with Crippen molar-refractivity contribution in [1.82, 2.24) is 10.3 Å². The minimum absolute atomic E-state index is 0.620. The zero-order chi connectivity index (χ0) is 12.0. The van der Waals surface area contributed by atoms with Gasteiger partial charge in [-0.1, -0.05) is 20.8 Å². The van der Waals surface area contributed by atoms with Gasteiger partial charge in [0.1, 0.15) is 0 Å². The first-order valence-electron chi connectivity index (χ1n) is 5.84. The fourth-order valence-corrected chi connectivity index (χ4v) is 2.75. The lowest BCUT2D eigenvalue weighted by molar-refractivity contribution is 0.181. The third-order valence-electron chi connectivity index (χ3n) is 2.22. The Hall–Kier alpha value is -0.450. The molecule has 0 radical (unpaired) electrons. The van der Waals surface area contributed by atoms with Crippen molar-refractivity contribution in [1.29, 1.82) is 0 Å². The third kappa shape index (κ3) is 4.20. The Balaban J connectivity index is 2.73. The molecule has 1 rings (SSSR count). The van der Waals surface area contributed by atoms with E-state index in [2.05, 4.69) is 31.1 Å². The molecule has 1 N–H and O–H groups in total. The highest BCUT2D eigenvalue weighted by atomic mass is 32.1. The molecule has 0 saturated carbocycles. The molecule has 0 aliphatic heterocycles. The van der Waals surface area contributed by atoms with Crippen molar-refractivity contribution in [3.8, 4) is 0 Å². The van der Waals surface area contributed by atoms with E-state index >= 15 is 0 Å². The van der Waals surface area contributed by atoms with Crippen LogP contribution in [0.5, 0.6) is 0 Å². The summed E-state index contributed by atoms with van der Waals surface area (Å²) in [5, 5.41) is 4.58. The lowest BCUT2D eigenvalue weighted by atomic mass is 10.1. The summed E-state index contributed by atoms with van der Waals surface area (Å²) in [6.07, 6.45) is 1.06. The maximum Gasteiger partial charge on any atom is 0.0935 e. The first kappa shape index (κ1) is 13.6. The number of hydrogen-bond donors (Lipinski definition) is 1. The predicted molar refractivity (Wildman–Crippen MR) is 68.7 cm³/mol. The van der Waals surface area contributed by atoms with Gasteiger partial charge in [-0.2, -0.15) is 0 Å². The fraction of sp³-hybridized carbons (Fsp3) is 0.750. The average Bonchev–Trinajstić information content (AvgIpc) is 2.57. The number of thiazole rings is 1. The van der Waals surface area contributed by atoms with Gasteiger partial charge in [-0.25, -0.2) is 4.98 Å². The van der Waals surface area contributed by atoms with E-state index in [1.807, 2.05) is 11.3 Å². The standard InChI is InChI=1S/C12H22N2OS/c1-5-13-7-11-10(8-15-4)14-12(16-11)6-9(2)3/h9,13H,5-8H2,1-4H3. The lowest BCUT2D eigenvalue weighted by Gasteiger charge is -2.00. The van der Waals surface area contributed by atoms with Gasteiger partial charge in [-0.05, 0) is 12.5 Å². The maximum atomic E-state index is 5.18. The second-order valence-electron chi connectivity index (χ2n) is 4.29. The van der Waals surface area contributed by atoms with Gasteiger partial charge in [-0.15, -0.1) is 11.3 Å². The molecule has 0 bridgehead atoms. The minimum Gasteiger partial charge on any atom is -0.378 e. The van der Waals surface area contributed by atoms with Crippen LogP contribution in [0.1, 0.15) is 36.3 Å². The van der Waals surface area contributed by atoms with Gasteiger partial charge >= 0.3 is 0 Å². The molecular formula is C12H22N2OS. The highest BCUT2D eigenvalue weighted by molar-refractivity contribution is 7.11. The zero-order valence-corrected chi connectivity index (χ0v) is 11.5. The monoisotopic (exact) mass is 242 g/mol. The largest absolute Gasteiger partial charge is 0.378 e. The number of aromatic nitrogens is 1. The maximum absolute atomic E-state index is 5.18. The van der Waals surface area contributed by atoms with Gasteiger partial charge in [0, 0.05) is 25.0 Å². The second kappa shape index (κ2) is 6.99. The number of methoxy groups -OCH3 is 1. The predicted octanol–water partition coefficient (Wildman–Crippen LogP) is 2.60. The Morgan fingerprint density at radius 3 is 2.75 bits per heavy atom. The first-order chi connectivity index (χ1) is 7.67. The van der Waals surface area contributed by atoms with Crippen molar-refractivity contribution in [2.45, 2.75) is 40.3 Å². The highest BCUT2D eigenvalue weighted by Gasteiger charge is 2.11. The van der Waals surface area contributed by atoms with E-state index in [9.17, 15) is 0 Å². The Morgan fingerprint density at radius 1 is 1.44 bits per heavy atom. The smallest absolute Gasteiger partial charge is 0.0935 e. The number of hydrogen-bond acceptors (Lipinski definition) is 4. The minimum atomic E-state index is 0.620. The van der Waals surface area contributed by atoms with Gasteiger partial charge < -0.3 is 10.1 Å². The van der Waals surface area contributed by atoms with Crippen LogP contribution in [0.15, 0.2) is 0 Å². The number of nitrogens with zero attached hydrogens (tertiary/aromatic N) is 1. The molecular weight excluding hydrogens is 220 g/mol. The van der Waals surface area contributed by atoms with Crippen LogP contribution in [-0.2, 0) is 24.3 Å². The molecule has 0 saturated heterocycles. The van der Waals surface area contributed by atoms with Crippen LogP contribution in [0.3, 0.4) is 0 Å². The Bertz CT molecular complexity index is 310. The number of ether oxygens (including phenoxy) is 1. The first-order valence-corrected chi connectivity index (χ1v) is 6.66. The topological polar surface area (TPSA) is 34.2 Å². The van der Waals surface area contributed by atoms with E-state index in [-0.39, 0.29) is 0 Å². The Labute approximate surface area is 102 Å². The van der Waals surface area contributed by atoms with Crippen molar-refractivity contribution >= 4 is 11.3 Å². The molecule has 1 aromatic heterocycles. The van der Waals surface area contributed by atoms with E-state index in [0.29, 0.717) is 12.5 Å². The summed E-state index contributed by atoms with van der Waals surface area (Å²) >= 11 is 1.81. The SMILES string of the molecule is CCNCc1sc(CC(C)C)nc1COC. The molecule has 4 heteroatoms. The van der Waals surface area contributed by atoms with Crippen molar-refractivity contribution in [2.75, 3.05) is 13.7 Å². The molecule has 1 heterocycles. The van der Waals surface area contributed by atoms with Crippen molar-refractivity contribution in [3.05, 3.63) is 15.6 Å². The van der Waals surface area contributed by atoms with Crippen LogP contribution in [0.25, 0.3) is 0 Å². The van der Waals surface area contributed by atoms with Gasteiger partial charge in [0.05, 0.1) is 17.3 Å². The molecule has 0 unspecified atom stereocenters. The second-order valence-corrected chi connectivity index (χ2v) is 5.46. The van der Waals surface area contributed by atoms with Crippen LogP contribution in [0.2, 0.25) is 0 Å². The number of nitrogens with one attached hydrogen (secondary N) is 1. The molecule has 1 aromatic rings. The summed E-state index contributed by atoms with van der Waals surface area (Å²) < 4.78 is 5.18. The molecule has 0 atom stereocenters. The highest BCUT2D eigenvalue weighted by Crippen LogP contribution is 2.21. The van der Waals surface area contributed by atoms with Crippen molar-refractivity contribution in [2.24, 2.45) is 5.92 Å². The summed E-state index contributed by atoms with van der Waals surface area (Å²) in [6.45, 7) is 9.08. The summed E-state index contributed by atoms with van der Waals surface area (Å²) in [5.41, 5.74) is 1.10. The Kier molecular flexibility index (Phi) is 5.95. The summed E-state index contributed by atoms with van der Waals surface area (Å²) in [4.78, 5) is 5.97. The van der Waals surface area contributed by atoms with E-state index in [0.717, 1.165) is 25.2 Å². The summed E-state index contributed by atoms with van der Waals surface area (Å²) in [7, 11) is 1.72. The fourth-order valence-electron chi connectivity index (χ4n) is 1.50. The van der Waals surface area contributed by atoms with E-state index in [1.54, 1.807) is 7.11 Å². The van der Waals surface area contributed by atoms with Crippen LogP contribution < -0.4 is 5.32 Å². The van der Waals surface area contributed by atoms with Crippen LogP contribution in [-0.4, -0.2) is 18.6 Å². The average molecular weight is 242 g/mol. The summed E-state index contributed by atoms with van der Waals surface area (Å²) in [6, 6.07) is 0. The molecule has 0 spiro atoms.